The van der Waals surface area contributed by atoms with E-state index in [0.29, 0.717) is 5.56 Å². The normalized spacial score (nSPS) is 17.4. The molecule has 33 heavy (non-hydrogen) atoms. The lowest BCUT2D eigenvalue weighted by molar-refractivity contribution is -0.140. The van der Waals surface area contributed by atoms with Gasteiger partial charge in [0.15, 0.2) is 11.6 Å². The molecule has 1 saturated heterocycles. The Balaban J connectivity index is 1.85. The van der Waals surface area contributed by atoms with E-state index in [4.69, 9.17) is 4.74 Å². The van der Waals surface area contributed by atoms with Crippen LogP contribution in [0.15, 0.2) is 72.6 Å². The quantitative estimate of drug-likeness (QED) is 0.345. The Kier molecular flexibility index (Phi) is 6.22. The average molecular weight is 446 g/mol. The number of amides is 1. The summed E-state index contributed by atoms with van der Waals surface area (Å²) in [5.41, 5.74) is 2.57. The predicted octanol–water partition coefficient (Wildman–Crippen LogP) is 4.41. The molecule has 0 unspecified atom stereocenters. The third-order valence-corrected chi connectivity index (χ3v) is 5.77. The van der Waals surface area contributed by atoms with Crippen LogP contribution in [0, 0.1) is 5.82 Å². The number of ketones is 1. The second-order valence-corrected chi connectivity index (χ2v) is 7.73. The standard InChI is InChI=1S/C26H23FN2O4/c1-3-16-4-6-18(7-5-16)23-22(24(30)19-8-9-21(33-2)20(27)14-19)25(31)26(32)29(23)15-17-10-12-28-13-11-17/h4-14,23,30H,3,15H2,1-2H3/t23-/m0/s1. The maximum Gasteiger partial charge on any atom is 0.295 e. The molecule has 0 bridgehead atoms. The molecule has 0 saturated carbocycles. The number of rotatable bonds is 6. The van der Waals surface area contributed by atoms with Crippen molar-refractivity contribution in [3.8, 4) is 5.75 Å². The van der Waals surface area contributed by atoms with Crippen molar-refractivity contribution < 1.29 is 23.8 Å². The number of aliphatic hydroxyl groups is 1. The summed E-state index contributed by atoms with van der Waals surface area (Å²) in [4.78, 5) is 31.6. The van der Waals surface area contributed by atoms with Crippen molar-refractivity contribution in [1.82, 2.24) is 9.88 Å². The molecule has 1 fully saturated rings. The van der Waals surface area contributed by atoms with Crippen LogP contribution in [0.4, 0.5) is 4.39 Å². The van der Waals surface area contributed by atoms with Crippen LogP contribution in [-0.2, 0) is 22.6 Å². The number of hydrogen-bond acceptors (Lipinski definition) is 5. The zero-order valence-electron chi connectivity index (χ0n) is 18.3. The van der Waals surface area contributed by atoms with Crippen LogP contribution in [-0.4, -0.2) is 33.8 Å². The molecule has 1 aliphatic heterocycles. The van der Waals surface area contributed by atoms with Crippen LogP contribution in [0.1, 0.15) is 35.2 Å². The number of aromatic nitrogens is 1. The molecule has 1 aromatic heterocycles. The van der Waals surface area contributed by atoms with Gasteiger partial charge in [-0.3, -0.25) is 14.6 Å². The summed E-state index contributed by atoms with van der Waals surface area (Å²) in [5, 5.41) is 11.1. The van der Waals surface area contributed by atoms with E-state index in [1.54, 1.807) is 24.5 Å². The molecule has 168 valence electrons. The van der Waals surface area contributed by atoms with Gasteiger partial charge in [-0.2, -0.15) is 0 Å². The van der Waals surface area contributed by atoms with Gasteiger partial charge in [0.2, 0.25) is 0 Å². The van der Waals surface area contributed by atoms with Crippen molar-refractivity contribution in [1.29, 1.82) is 0 Å². The molecule has 3 aromatic rings. The fraction of sp³-hybridized carbons (Fsp3) is 0.192. The highest BCUT2D eigenvalue weighted by Crippen LogP contribution is 2.40. The van der Waals surface area contributed by atoms with Crippen LogP contribution in [0.25, 0.3) is 5.76 Å². The van der Waals surface area contributed by atoms with E-state index in [0.717, 1.165) is 23.6 Å². The van der Waals surface area contributed by atoms with Crippen molar-refractivity contribution in [2.45, 2.75) is 25.9 Å². The molecule has 6 nitrogen and oxygen atoms in total. The maximum absolute atomic E-state index is 14.3. The zero-order chi connectivity index (χ0) is 23.5. The monoisotopic (exact) mass is 446 g/mol. The third-order valence-electron chi connectivity index (χ3n) is 5.77. The van der Waals surface area contributed by atoms with E-state index in [2.05, 4.69) is 4.98 Å². The summed E-state index contributed by atoms with van der Waals surface area (Å²) in [6, 6.07) is 14.1. The van der Waals surface area contributed by atoms with E-state index in [1.807, 2.05) is 31.2 Å². The van der Waals surface area contributed by atoms with Gasteiger partial charge in [0.1, 0.15) is 5.76 Å². The van der Waals surface area contributed by atoms with Gasteiger partial charge >= 0.3 is 0 Å². The Morgan fingerprint density at radius 3 is 2.36 bits per heavy atom. The highest BCUT2D eigenvalue weighted by atomic mass is 19.1. The lowest BCUT2D eigenvalue weighted by Crippen LogP contribution is -2.29. The fourth-order valence-corrected chi connectivity index (χ4v) is 3.98. The van der Waals surface area contributed by atoms with E-state index in [-0.39, 0.29) is 23.4 Å². The van der Waals surface area contributed by atoms with Crippen molar-refractivity contribution >= 4 is 17.4 Å². The predicted molar refractivity (Wildman–Crippen MR) is 121 cm³/mol. The van der Waals surface area contributed by atoms with E-state index < -0.39 is 29.3 Å². The Morgan fingerprint density at radius 2 is 1.76 bits per heavy atom. The number of benzene rings is 2. The number of Topliss-reactive ketones (excluding diaryl/α,β-unsaturated/α-hetero) is 1. The topological polar surface area (TPSA) is 79.7 Å². The minimum atomic E-state index is -0.825. The molecule has 1 aliphatic rings. The molecular weight excluding hydrogens is 423 g/mol. The molecule has 0 radical (unpaired) electrons. The third kappa shape index (κ3) is 4.22. The summed E-state index contributed by atoms with van der Waals surface area (Å²) in [5.74, 6) is -2.65. The molecule has 2 aromatic carbocycles. The molecule has 4 rings (SSSR count). The number of methoxy groups -OCH3 is 1. The highest BCUT2D eigenvalue weighted by molar-refractivity contribution is 6.46. The number of aliphatic hydroxyl groups excluding tert-OH is 1. The van der Waals surface area contributed by atoms with Crippen LogP contribution >= 0.6 is 0 Å². The molecule has 1 atom stereocenters. The molecule has 0 aliphatic carbocycles. The highest BCUT2D eigenvalue weighted by Gasteiger charge is 2.46. The molecule has 7 heteroatoms. The molecule has 1 amide bonds. The SMILES string of the molecule is CCc1ccc([C@H]2C(=C(O)c3ccc(OC)c(F)c3)C(=O)C(=O)N2Cc2ccncc2)cc1. The fourth-order valence-electron chi connectivity index (χ4n) is 3.98. The van der Waals surface area contributed by atoms with Crippen molar-refractivity contribution in [3.63, 3.8) is 0 Å². The minimum absolute atomic E-state index is 0.0105. The van der Waals surface area contributed by atoms with Crippen molar-refractivity contribution in [2.24, 2.45) is 0 Å². The lowest BCUT2D eigenvalue weighted by Gasteiger charge is -2.25. The number of likely N-dealkylation sites (tertiary alicyclic amines) is 1. The maximum atomic E-state index is 14.3. The first-order chi connectivity index (χ1) is 15.9. The van der Waals surface area contributed by atoms with Gasteiger partial charge in [-0.15, -0.1) is 0 Å². The van der Waals surface area contributed by atoms with Gasteiger partial charge < -0.3 is 14.7 Å². The number of ether oxygens (including phenoxy) is 1. The first kappa shape index (κ1) is 22.2. The van der Waals surface area contributed by atoms with Gasteiger partial charge in [-0.25, -0.2) is 4.39 Å². The Morgan fingerprint density at radius 1 is 1.06 bits per heavy atom. The zero-order valence-corrected chi connectivity index (χ0v) is 18.3. The number of carbonyl (C=O) groups is 2. The smallest absolute Gasteiger partial charge is 0.295 e. The summed E-state index contributed by atoms with van der Waals surface area (Å²) < 4.78 is 19.2. The van der Waals surface area contributed by atoms with Gasteiger partial charge in [-0.05, 0) is 53.4 Å². The number of halogens is 1. The first-order valence-corrected chi connectivity index (χ1v) is 10.5. The number of carbonyl (C=O) groups excluding carboxylic acids is 2. The second-order valence-electron chi connectivity index (χ2n) is 7.73. The van der Waals surface area contributed by atoms with Crippen LogP contribution in [0.3, 0.4) is 0 Å². The summed E-state index contributed by atoms with van der Waals surface area (Å²) >= 11 is 0. The van der Waals surface area contributed by atoms with Crippen LogP contribution in [0.5, 0.6) is 5.75 Å². The number of nitrogens with zero attached hydrogens (tertiary/aromatic N) is 2. The summed E-state index contributed by atoms with van der Waals surface area (Å²) in [6.07, 6.45) is 4.05. The molecule has 2 heterocycles. The van der Waals surface area contributed by atoms with Gasteiger partial charge in [0.25, 0.3) is 11.7 Å². The number of pyridine rings is 1. The Bertz CT molecular complexity index is 1220. The van der Waals surface area contributed by atoms with E-state index in [1.165, 1.54) is 24.1 Å². The second kappa shape index (κ2) is 9.24. The Labute approximate surface area is 191 Å². The van der Waals surface area contributed by atoms with Crippen LogP contribution < -0.4 is 4.74 Å². The average Bonchev–Trinajstić information content (AvgIpc) is 3.09. The van der Waals surface area contributed by atoms with E-state index >= 15 is 0 Å². The first-order valence-electron chi connectivity index (χ1n) is 10.5. The van der Waals surface area contributed by atoms with Gasteiger partial charge in [0.05, 0.1) is 18.7 Å². The largest absolute Gasteiger partial charge is 0.507 e. The number of aryl methyl sites for hydroxylation is 1. The minimum Gasteiger partial charge on any atom is -0.507 e. The van der Waals surface area contributed by atoms with Crippen molar-refractivity contribution in [3.05, 3.63) is 101 Å². The lowest BCUT2D eigenvalue weighted by atomic mass is 9.94. The van der Waals surface area contributed by atoms with Gasteiger partial charge in [-0.1, -0.05) is 31.2 Å². The van der Waals surface area contributed by atoms with Gasteiger partial charge in [0, 0.05) is 24.5 Å². The summed E-state index contributed by atoms with van der Waals surface area (Å²) in [6.45, 7) is 2.18. The van der Waals surface area contributed by atoms with Crippen molar-refractivity contribution in [2.75, 3.05) is 7.11 Å². The van der Waals surface area contributed by atoms with E-state index in [9.17, 15) is 19.1 Å². The number of hydrogen-bond donors (Lipinski definition) is 1. The molecular formula is C26H23FN2O4. The molecule has 1 N–H and O–H groups in total. The summed E-state index contributed by atoms with van der Waals surface area (Å²) in [7, 11) is 1.34. The molecule has 0 spiro atoms. The van der Waals surface area contributed by atoms with Crippen LogP contribution in [0.2, 0.25) is 0 Å². The Hall–Kier alpha value is -4.00.